The Kier molecular flexibility index (Phi) is 4.59. The van der Waals surface area contributed by atoms with Crippen LogP contribution in [0.1, 0.15) is 32.6 Å². The van der Waals surface area contributed by atoms with Gasteiger partial charge in [0.05, 0.1) is 0 Å². The van der Waals surface area contributed by atoms with Gasteiger partial charge in [0.1, 0.15) is 0 Å². The van der Waals surface area contributed by atoms with Crippen molar-refractivity contribution in [1.82, 2.24) is 10.2 Å². The fraction of sp³-hybridized carbons (Fsp3) is 0.667. The van der Waals surface area contributed by atoms with E-state index in [9.17, 15) is 4.79 Å². The normalized spacial score (nSPS) is 29.5. The van der Waals surface area contributed by atoms with Gasteiger partial charge in [-0.25, -0.2) is 0 Å². The Balaban J connectivity index is 1.95. The number of hydrogen-bond acceptors (Lipinski definition) is 2. The molecule has 2 heterocycles. The van der Waals surface area contributed by atoms with Crippen LogP contribution >= 0.6 is 0 Å². The Morgan fingerprint density at radius 1 is 1.28 bits per heavy atom. The minimum Gasteiger partial charge on any atom is -0.339 e. The van der Waals surface area contributed by atoms with Crippen molar-refractivity contribution in [3.8, 4) is 0 Å². The lowest BCUT2D eigenvalue weighted by Gasteiger charge is -2.45. The van der Waals surface area contributed by atoms with Crippen LogP contribution in [0.3, 0.4) is 0 Å². The molecule has 0 aromatic carbocycles. The highest BCUT2D eigenvalue weighted by molar-refractivity contribution is 5.88. The van der Waals surface area contributed by atoms with E-state index in [0.29, 0.717) is 5.41 Å². The molecule has 1 spiro atoms. The average Bonchev–Trinajstić information content (AvgIpc) is 2.40. The van der Waals surface area contributed by atoms with Crippen molar-refractivity contribution in [1.29, 1.82) is 0 Å². The Morgan fingerprint density at radius 3 is 2.83 bits per heavy atom. The molecule has 0 aliphatic carbocycles. The molecule has 1 atom stereocenters. The second-order valence-electron chi connectivity index (χ2n) is 5.53. The third-order valence-corrected chi connectivity index (χ3v) is 4.08. The number of allylic oxidation sites excluding steroid dienone is 3. The third-order valence-electron chi connectivity index (χ3n) is 4.08. The molecular formula is C15H24N2O. The zero-order valence-electron chi connectivity index (χ0n) is 11.3. The Labute approximate surface area is 110 Å². The Bertz CT molecular complexity index is 335. The molecule has 2 aliphatic heterocycles. The van der Waals surface area contributed by atoms with Gasteiger partial charge in [-0.05, 0) is 39.2 Å². The lowest BCUT2D eigenvalue weighted by Crippen LogP contribution is -2.52. The standard InChI is InChI=1S/C15H24N2O/c1-2-3-4-7-14(18)17-11-6-9-15(13-17)8-5-10-16-12-15/h2-4,7,16H,5-6,8-13H2,1H3/b3-2+,7-4+. The van der Waals surface area contributed by atoms with E-state index < -0.39 is 0 Å². The molecule has 3 nitrogen and oxygen atoms in total. The Hall–Kier alpha value is -1.09. The fourth-order valence-electron chi connectivity index (χ4n) is 3.13. The molecule has 0 bridgehead atoms. The second kappa shape index (κ2) is 6.19. The molecule has 0 aromatic heterocycles. The van der Waals surface area contributed by atoms with Crippen LogP contribution in [-0.2, 0) is 4.79 Å². The van der Waals surface area contributed by atoms with Crippen LogP contribution in [0, 0.1) is 5.41 Å². The van der Waals surface area contributed by atoms with Crippen molar-refractivity contribution in [2.75, 3.05) is 26.2 Å². The summed E-state index contributed by atoms with van der Waals surface area (Å²) in [5, 5.41) is 3.49. The first-order valence-corrected chi connectivity index (χ1v) is 7.05. The summed E-state index contributed by atoms with van der Waals surface area (Å²) in [5.41, 5.74) is 0.348. The summed E-state index contributed by atoms with van der Waals surface area (Å²) in [5.74, 6) is 0.165. The quantitative estimate of drug-likeness (QED) is 0.599. The second-order valence-corrected chi connectivity index (χ2v) is 5.53. The van der Waals surface area contributed by atoms with E-state index in [1.54, 1.807) is 6.08 Å². The van der Waals surface area contributed by atoms with Gasteiger partial charge in [0, 0.05) is 31.1 Å². The maximum absolute atomic E-state index is 12.1. The lowest BCUT2D eigenvalue weighted by molar-refractivity contribution is -0.129. The van der Waals surface area contributed by atoms with Gasteiger partial charge in [-0.3, -0.25) is 4.79 Å². The first kappa shape index (κ1) is 13.3. The SMILES string of the molecule is C/C=C/C=C/C(=O)N1CCCC2(CCCNC2)C1. The van der Waals surface area contributed by atoms with E-state index in [0.717, 1.165) is 32.6 Å². The van der Waals surface area contributed by atoms with Crippen LogP contribution in [0.2, 0.25) is 0 Å². The molecule has 1 amide bonds. The third kappa shape index (κ3) is 3.22. The fourth-order valence-corrected chi connectivity index (χ4v) is 3.13. The minimum atomic E-state index is 0.165. The molecule has 2 saturated heterocycles. The first-order chi connectivity index (χ1) is 8.76. The highest BCUT2D eigenvalue weighted by atomic mass is 16.2. The van der Waals surface area contributed by atoms with E-state index in [1.165, 1.54) is 19.3 Å². The van der Waals surface area contributed by atoms with E-state index in [4.69, 9.17) is 0 Å². The molecule has 0 saturated carbocycles. The average molecular weight is 248 g/mol. The van der Waals surface area contributed by atoms with Crippen molar-refractivity contribution < 1.29 is 4.79 Å². The largest absolute Gasteiger partial charge is 0.339 e. The first-order valence-electron chi connectivity index (χ1n) is 7.05. The topological polar surface area (TPSA) is 32.3 Å². The van der Waals surface area contributed by atoms with Gasteiger partial charge < -0.3 is 10.2 Å². The molecule has 1 N–H and O–H groups in total. The molecule has 2 fully saturated rings. The van der Waals surface area contributed by atoms with Gasteiger partial charge in [-0.1, -0.05) is 18.2 Å². The highest BCUT2D eigenvalue weighted by Crippen LogP contribution is 2.35. The van der Waals surface area contributed by atoms with Crippen molar-refractivity contribution in [2.45, 2.75) is 32.6 Å². The van der Waals surface area contributed by atoms with Gasteiger partial charge in [-0.2, -0.15) is 0 Å². The van der Waals surface area contributed by atoms with Crippen molar-refractivity contribution in [3.05, 3.63) is 24.3 Å². The molecule has 2 aliphatic rings. The van der Waals surface area contributed by atoms with Crippen LogP contribution in [-0.4, -0.2) is 37.0 Å². The van der Waals surface area contributed by atoms with E-state index in [2.05, 4.69) is 5.32 Å². The monoisotopic (exact) mass is 248 g/mol. The van der Waals surface area contributed by atoms with Gasteiger partial charge in [0.25, 0.3) is 0 Å². The van der Waals surface area contributed by atoms with Gasteiger partial charge in [-0.15, -0.1) is 0 Å². The molecule has 0 radical (unpaired) electrons. The number of nitrogens with zero attached hydrogens (tertiary/aromatic N) is 1. The summed E-state index contributed by atoms with van der Waals surface area (Å²) < 4.78 is 0. The summed E-state index contributed by atoms with van der Waals surface area (Å²) in [7, 11) is 0. The number of hydrogen-bond donors (Lipinski definition) is 1. The molecule has 1 unspecified atom stereocenters. The van der Waals surface area contributed by atoms with Gasteiger partial charge >= 0.3 is 0 Å². The molecule has 0 aromatic rings. The van der Waals surface area contributed by atoms with E-state index in [-0.39, 0.29) is 5.91 Å². The molecule has 18 heavy (non-hydrogen) atoms. The number of piperidine rings is 2. The van der Waals surface area contributed by atoms with Crippen molar-refractivity contribution in [2.24, 2.45) is 5.41 Å². The number of carbonyl (C=O) groups is 1. The smallest absolute Gasteiger partial charge is 0.246 e. The van der Waals surface area contributed by atoms with Crippen LogP contribution < -0.4 is 5.32 Å². The van der Waals surface area contributed by atoms with Crippen LogP contribution in [0.4, 0.5) is 0 Å². The highest BCUT2D eigenvalue weighted by Gasteiger charge is 2.37. The summed E-state index contributed by atoms with van der Waals surface area (Å²) in [4.78, 5) is 14.1. The maximum atomic E-state index is 12.1. The zero-order chi connectivity index (χ0) is 12.8. The maximum Gasteiger partial charge on any atom is 0.246 e. The number of likely N-dealkylation sites (tertiary alicyclic amines) is 1. The number of amides is 1. The van der Waals surface area contributed by atoms with Gasteiger partial charge in [0.15, 0.2) is 0 Å². The van der Waals surface area contributed by atoms with Crippen molar-refractivity contribution in [3.63, 3.8) is 0 Å². The molecule has 2 rings (SSSR count). The van der Waals surface area contributed by atoms with E-state index >= 15 is 0 Å². The van der Waals surface area contributed by atoms with Crippen LogP contribution in [0.5, 0.6) is 0 Å². The summed E-state index contributed by atoms with van der Waals surface area (Å²) in [6, 6.07) is 0. The number of rotatable bonds is 2. The van der Waals surface area contributed by atoms with Gasteiger partial charge in [0.2, 0.25) is 5.91 Å². The summed E-state index contributed by atoms with van der Waals surface area (Å²) >= 11 is 0. The van der Waals surface area contributed by atoms with E-state index in [1.807, 2.05) is 30.1 Å². The molecule has 3 heteroatoms. The van der Waals surface area contributed by atoms with Crippen molar-refractivity contribution >= 4 is 5.91 Å². The molecular weight excluding hydrogens is 224 g/mol. The zero-order valence-corrected chi connectivity index (χ0v) is 11.3. The lowest BCUT2D eigenvalue weighted by atomic mass is 9.74. The predicted molar refractivity (Wildman–Crippen MR) is 74.3 cm³/mol. The number of carbonyl (C=O) groups excluding carboxylic acids is 1. The van der Waals surface area contributed by atoms with Crippen LogP contribution in [0.15, 0.2) is 24.3 Å². The molecule has 100 valence electrons. The Morgan fingerprint density at radius 2 is 2.11 bits per heavy atom. The number of nitrogens with one attached hydrogen (secondary N) is 1. The predicted octanol–water partition coefficient (Wildman–Crippen LogP) is 2.11. The minimum absolute atomic E-state index is 0.165. The van der Waals surface area contributed by atoms with Crippen LogP contribution in [0.25, 0.3) is 0 Å². The summed E-state index contributed by atoms with van der Waals surface area (Å²) in [6.07, 6.45) is 12.3. The summed E-state index contributed by atoms with van der Waals surface area (Å²) in [6.45, 7) is 6.02.